The molecule has 0 fully saturated rings. The van der Waals surface area contributed by atoms with Crippen LogP contribution in [0.25, 0.3) is 0 Å². The molecule has 2 bridgehead atoms. The lowest BCUT2D eigenvalue weighted by atomic mass is 10.1. The molecule has 0 saturated heterocycles. The predicted octanol–water partition coefficient (Wildman–Crippen LogP) is 3.93. The fourth-order valence-corrected chi connectivity index (χ4v) is 2.24. The van der Waals surface area contributed by atoms with Crippen molar-refractivity contribution in [2.45, 2.75) is 20.5 Å². The van der Waals surface area contributed by atoms with Gasteiger partial charge in [-0.05, 0) is 37.6 Å². The van der Waals surface area contributed by atoms with Crippen LogP contribution in [0.3, 0.4) is 0 Å². The molecular formula is C19H21NO5. The molecule has 2 aliphatic heterocycles. The van der Waals surface area contributed by atoms with Crippen LogP contribution in [0.1, 0.15) is 28.4 Å². The summed E-state index contributed by atoms with van der Waals surface area (Å²) >= 11 is 0. The zero-order chi connectivity index (χ0) is 18.2. The zero-order valence-corrected chi connectivity index (χ0v) is 14.5. The van der Waals surface area contributed by atoms with Crippen molar-refractivity contribution in [2.24, 2.45) is 0 Å². The van der Waals surface area contributed by atoms with Gasteiger partial charge >= 0.3 is 12.1 Å². The summed E-state index contributed by atoms with van der Waals surface area (Å²) in [6.45, 7) is 4.54. The van der Waals surface area contributed by atoms with Crippen LogP contribution in [0, 0.1) is 6.92 Å². The van der Waals surface area contributed by atoms with E-state index in [2.05, 4.69) is 10.1 Å². The molecule has 0 spiro atoms. The summed E-state index contributed by atoms with van der Waals surface area (Å²) in [7, 11) is 1.38. The highest BCUT2D eigenvalue weighted by Gasteiger charge is 2.14. The number of esters is 1. The first-order valence-corrected chi connectivity index (χ1v) is 7.88. The third kappa shape index (κ3) is 4.97. The van der Waals surface area contributed by atoms with Crippen molar-refractivity contribution in [3.8, 4) is 5.75 Å². The average molecular weight is 343 g/mol. The Hall–Kier alpha value is -3.02. The van der Waals surface area contributed by atoms with Gasteiger partial charge in [-0.15, -0.1) is 0 Å². The molecule has 25 heavy (non-hydrogen) atoms. The van der Waals surface area contributed by atoms with E-state index in [4.69, 9.17) is 9.47 Å². The standard InChI is InChI=1S/C10H11NO3.C9H10O2/c1-2-13-10(12)11-9-5-8-4-3-7(9)6-14-8;1-7-5-3-4-6-8(7)9(10)11-2/h3-5H,2,6H2,1H3,(H,11,12);3-6H,1-2H3. The molecule has 4 rings (SSSR count). The Bertz CT molecular complexity index is 757. The summed E-state index contributed by atoms with van der Waals surface area (Å²) in [5, 5.41) is 2.66. The zero-order valence-electron chi connectivity index (χ0n) is 14.5. The van der Waals surface area contributed by atoms with E-state index >= 15 is 0 Å². The number of hydrogen-bond acceptors (Lipinski definition) is 5. The molecule has 0 radical (unpaired) electrons. The number of rotatable bonds is 3. The maximum Gasteiger partial charge on any atom is 0.411 e. The van der Waals surface area contributed by atoms with Gasteiger partial charge in [-0.2, -0.15) is 0 Å². The monoisotopic (exact) mass is 343 g/mol. The van der Waals surface area contributed by atoms with Crippen LogP contribution < -0.4 is 10.1 Å². The number of carbonyl (C=O) groups is 2. The Morgan fingerprint density at radius 2 is 1.96 bits per heavy atom. The van der Waals surface area contributed by atoms with E-state index in [9.17, 15) is 9.59 Å². The van der Waals surface area contributed by atoms with Crippen molar-refractivity contribution >= 4 is 17.7 Å². The first-order valence-electron chi connectivity index (χ1n) is 7.88. The molecular weight excluding hydrogens is 322 g/mol. The highest BCUT2D eigenvalue weighted by atomic mass is 16.5. The number of ether oxygens (including phenoxy) is 3. The second-order valence-electron chi connectivity index (χ2n) is 5.26. The molecule has 0 aliphatic carbocycles. The van der Waals surface area contributed by atoms with Crippen molar-refractivity contribution in [1.82, 2.24) is 0 Å². The third-order valence-electron chi connectivity index (χ3n) is 3.54. The van der Waals surface area contributed by atoms with Crippen LogP contribution in [0.5, 0.6) is 5.75 Å². The number of hydrogen-bond donors (Lipinski definition) is 1. The SMILES string of the molecule is CCOC(=O)Nc1cc2ccc1CO2.COC(=O)c1ccccc1C. The van der Waals surface area contributed by atoms with Crippen molar-refractivity contribution in [1.29, 1.82) is 0 Å². The van der Waals surface area contributed by atoms with Crippen molar-refractivity contribution in [2.75, 3.05) is 19.0 Å². The van der Waals surface area contributed by atoms with E-state index in [1.165, 1.54) is 7.11 Å². The smallest absolute Gasteiger partial charge is 0.411 e. The molecule has 2 heterocycles. The highest BCUT2D eigenvalue weighted by molar-refractivity contribution is 5.90. The van der Waals surface area contributed by atoms with Gasteiger partial charge in [0, 0.05) is 11.6 Å². The van der Waals surface area contributed by atoms with Crippen LogP contribution >= 0.6 is 0 Å². The minimum Gasteiger partial charge on any atom is -0.489 e. The Labute approximate surface area is 146 Å². The number of carbonyl (C=O) groups excluding carboxylic acids is 2. The van der Waals surface area contributed by atoms with Crippen molar-refractivity contribution < 1.29 is 23.8 Å². The number of aryl methyl sites for hydroxylation is 1. The number of nitrogens with one attached hydrogen (secondary N) is 1. The van der Waals surface area contributed by atoms with Crippen LogP contribution in [0.4, 0.5) is 10.5 Å². The maximum absolute atomic E-state index is 11.1. The normalized spacial score (nSPS) is 10.8. The van der Waals surface area contributed by atoms with Crippen LogP contribution in [0.2, 0.25) is 0 Å². The quantitative estimate of drug-likeness (QED) is 0.855. The van der Waals surface area contributed by atoms with E-state index < -0.39 is 6.09 Å². The maximum atomic E-state index is 11.1. The molecule has 6 nitrogen and oxygen atoms in total. The predicted molar refractivity (Wildman–Crippen MR) is 93.9 cm³/mol. The Morgan fingerprint density at radius 3 is 2.48 bits per heavy atom. The molecule has 0 atom stereocenters. The molecule has 1 N–H and O–H groups in total. The number of methoxy groups -OCH3 is 1. The molecule has 2 aliphatic rings. The fourth-order valence-electron chi connectivity index (χ4n) is 2.24. The van der Waals surface area contributed by atoms with E-state index in [0.29, 0.717) is 18.8 Å². The highest BCUT2D eigenvalue weighted by Crippen LogP contribution is 2.29. The minimum absolute atomic E-state index is 0.275. The number of benzene rings is 2. The van der Waals surface area contributed by atoms with Crippen LogP contribution in [-0.2, 0) is 16.1 Å². The first-order chi connectivity index (χ1) is 12.0. The summed E-state index contributed by atoms with van der Waals surface area (Å²) < 4.78 is 14.6. The lowest BCUT2D eigenvalue weighted by molar-refractivity contribution is 0.0600. The molecule has 1 amide bonds. The van der Waals surface area contributed by atoms with Gasteiger partial charge in [0.15, 0.2) is 0 Å². The summed E-state index contributed by atoms with van der Waals surface area (Å²) in [6.07, 6.45) is -0.423. The molecule has 0 unspecified atom stereocenters. The summed E-state index contributed by atoms with van der Waals surface area (Å²) in [6, 6.07) is 12.9. The van der Waals surface area contributed by atoms with Crippen LogP contribution in [-0.4, -0.2) is 25.8 Å². The summed E-state index contributed by atoms with van der Waals surface area (Å²) in [5.74, 6) is 0.495. The van der Waals surface area contributed by atoms with Crippen molar-refractivity contribution in [3.05, 3.63) is 59.2 Å². The second kappa shape index (κ2) is 8.73. The van der Waals surface area contributed by atoms with E-state index in [-0.39, 0.29) is 5.97 Å². The molecule has 6 heteroatoms. The summed E-state index contributed by atoms with van der Waals surface area (Å²) in [5.41, 5.74) is 3.31. The lowest BCUT2D eigenvalue weighted by Crippen LogP contribution is -2.16. The van der Waals surface area contributed by atoms with E-state index in [1.807, 2.05) is 37.3 Å². The van der Waals surface area contributed by atoms with Gasteiger partial charge in [0.05, 0.1) is 25.0 Å². The van der Waals surface area contributed by atoms with Gasteiger partial charge in [-0.25, -0.2) is 9.59 Å². The average Bonchev–Trinajstić information content (AvgIpc) is 2.63. The fraction of sp³-hybridized carbons (Fsp3) is 0.263. The first kappa shape index (κ1) is 18.3. The number of fused-ring (bicyclic) bond motifs is 3. The van der Waals surface area contributed by atoms with Gasteiger partial charge in [0.25, 0.3) is 0 Å². The molecule has 0 saturated carbocycles. The Morgan fingerprint density at radius 1 is 1.20 bits per heavy atom. The van der Waals surface area contributed by atoms with E-state index in [1.54, 1.807) is 19.1 Å². The van der Waals surface area contributed by atoms with Crippen LogP contribution in [0.15, 0.2) is 42.5 Å². The Kier molecular flexibility index (Phi) is 6.39. The molecule has 0 aromatic heterocycles. The minimum atomic E-state index is -0.423. The van der Waals surface area contributed by atoms with Crippen molar-refractivity contribution in [3.63, 3.8) is 0 Å². The number of amides is 1. The third-order valence-corrected chi connectivity index (χ3v) is 3.54. The van der Waals surface area contributed by atoms with Gasteiger partial charge < -0.3 is 14.2 Å². The largest absolute Gasteiger partial charge is 0.489 e. The molecule has 2 aromatic carbocycles. The Balaban J connectivity index is 0.000000186. The molecule has 132 valence electrons. The van der Waals surface area contributed by atoms with E-state index in [0.717, 1.165) is 22.6 Å². The molecule has 2 aromatic rings. The summed E-state index contributed by atoms with van der Waals surface area (Å²) in [4.78, 5) is 22.1. The van der Waals surface area contributed by atoms with Gasteiger partial charge in [0.2, 0.25) is 0 Å². The second-order valence-corrected chi connectivity index (χ2v) is 5.26. The van der Waals surface area contributed by atoms with Gasteiger partial charge in [0.1, 0.15) is 12.4 Å². The lowest BCUT2D eigenvalue weighted by Gasteiger charge is -2.18. The van der Waals surface area contributed by atoms with Gasteiger partial charge in [-0.3, -0.25) is 5.32 Å². The topological polar surface area (TPSA) is 73.9 Å². The number of anilines is 1. The van der Waals surface area contributed by atoms with Gasteiger partial charge in [-0.1, -0.05) is 18.2 Å².